The molecule has 1 atom stereocenters. The van der Waals surface area contributed by atoms with Crippen LogP contribution in [0.2, 0.25) is 43.8 Å². The van der Waals surface area contributed by atoms with E-state index in [0.717, 1.165) is 118 Å². The zero-order chi connectivity index (χ0) is 38.3. The van der Waals surface area contributed by atoms with Gasteiger partial charge >= 0.3 is 6.09 Å². The van der Waals surface area contributed by atoms with Crippen molar-refractivity contribution in [2.75, 3.05) is 32.8 Å². The number of imidazole rings is 1. The Morgan fingerprint density at radius 1 is 0.981 bits per heavy atom. The number of aromatic nitrogens is 4. The molecule has 13 heteroatoms. The van der Waals surface area contributed by atoms with Crippen molar-refractivity contribution in [3.63, 3.8) is 0 Å². The molecule has 2 fully saturated rings. The second-order valence-electron chi connectivity index (χ2n) is 19.3. The lowest BCUT2D eigenvalue weighted by Gasteiger charge is -2.36. The molecule has 3 aromatic rings. The first-order valence-corrected chi connectivity index (χ1v) is 26.6. The highest BCUT2D eigenvalue weighted by Gasteiger charge is 2.39. The van der Waals surface area contributed by atoms with E-state index in [1.165, 1.54) is 5.69 Å². The quantitative estimate of drug-likeness (QED) is 0.141. The van der Waals surface area contributed by atoms with Crippen molar-refractivity contribution < 1.29 is 23.4 Å². The lowest BCUT2D eigenvalue weighted by atomic mass is 9.96. The summed E-state index contributed by atoms with van der Waals surface area (Å²) in [6, 6.07) is 7.56. The molecule has 11 nitrogen and oxygen atoms in total. The fourth-order valence-electron chi connectivity index (χ4n) is 7.22. The van der Waals surface area contributed by atoms with Crippen molar-refractivity contribution in [2.24, 2.45) is 5.92 Å². The summed E-state index contributed by atoms with van der Waals surface area (Å²) in [5, 5.41) is 6.44. The topological polar surface area (TPSA) is 96.1 Å². The number of fused-ring (bicyclic) bond motifs is 2. The van der Waals surface area contributed by atoms with Gasteiger partial charge in [-0.3, -0.25) is 4.90 Å². The largest absolute Gasteiger partial charge is 0.543 e. The van der Waals surface area contributed by atoms with Gasteiger partial charge in [0.25, 0.3) is 0 Å². The third-order valence-corrected chi connectivity index (χ3v) is 17.5. The average Bonchev–Trinajstić information content (AvgIpc) is 3.72. The molecule has 1 unspecified atom stereocenters. The first-order valence-electron chi connectivity index (χ1n) is 20.0. The Kier molecular flexibility index (Phi) is 11.6. The molecule has 2 saturated heterocycles. The highest BCUT2D eigenvalue weighted by atomic mass is 28.4. The minimum absolute atomic E-state index is 0.0796. The summed E-state index contributed by atoms with van der Waals surface area (Å²) in [6.45, 7) is 30.3. The molecule has 3 aliphatic heterocycles. The maximum absolute atomic E-state index is 12.7. The molecule has 0 aliphatic carbocycles. The Labute approximate surface area is 319 Å². The first-order chi connectivity index (χ1) is 24.8. The lowest BCUT2D eigenvalue weighted by molar-refractivity contribution is -0.0365. The van der Waals surface area contributed by atoms with Gasteiger partial charge in [-0.15, -0.1) is 0 Å². The van der Waals surface area contributed by atoms with Crippen LogP contribution in [0.4, 0.5) is 4.79 Å². The molecule has 0 radical (unpaired) electrons. The Morgan fingerprint density at radius 3 is 2.36 bits per heavy atom. The van der Waals surface area contributed by atoms with Crippen LogP contribution in [0.15, 0.2) is 18.2 Å². The molecule has 0 saturated carbocycles. The van der Waals surface area contributed by atoms with Crippen molar-refractivity contribution in [1.82, 2.24) is 29.1 Å². The van der Waals surface area contributed by atoms with Gasteiger partial charge in [0.15, 0.2) is 12.1 Å². The number of amides is 1. The van der Waals surface area contributed by atoms with E-state index in [-0.39, 0.29) is 17.4 Å². The fourth-order valence-corrected chi connectivity index (χ4v) is 9.00. The molecule has 3 aliphatic rings. The van der Waals surface area contributed by atoms with Crippen LogP contribution < -0.4 is 4.43 Å². The molecule has 1 aromatic carbocycles. The van der Waals surface area contributed by atoms with Gasteiger partial charge < -0.3 is 28.1 Å². The number of hydrogen-bond acceptors (Lipinski definition) is 8. The zero-order valence-corrected chi connectivity index (χ0v) is 36.5. The summed E-state index contributed by atoms with van der Waals surface area (Å²) in [5.41, 5.74) is 3.74. The second kappa shape index (κ2) is 15.4. The molecule has 0 bridgehead atoms. The Bertz CT molecular complexity index is 1740. The van der Waals surface area contributed by atoms with E-state index < -0.39 is 22.0 Å². The summed E-state index contributed by atoms with van der Waals surface area (Å²) in [4.78, 5) is 22.4. The van der Waals surface area contributed by atoms with Gasteiger partial charge in [-0.1, -0.05) is 40.4 Å². The molecule has 2 aromatic heterocycles. The summed E-state index contributed by atoms with van der Waals surface area (Å²) in [7, 11) is -3.33. The number of benzene rings is 1. The molecular weight excluding hydrogens is 701 g/mol. The highest BCUT2D eigenvalue weighted by Crippen LogP contribution is 2.41. The van der Waals surface area contributed by atoms with E-state index in [1.54, 1.807) is 0 Å². The molecular formula is C40H66N6O5Si2. The van der Waals surface area contributed by atoms with E-state index in [1.807, 2.05) is 25.7 Å². The van der Waals surface area contributed by atoms with Crippen LogP contribution in [0.5, 0.6) is 5.75 Å². The predicted octanol–water partition coefficient (Wildman–Crippen LogP) is 9.26. The molecule has 0 N–H and O–H groups in total. The number of rotatable bonds is 11. The minimum Gasteiger partial charge on any atom is -0.543 e. The van der Waals surface area contributed by atoms with Crippen LogP contribution in [0.3, 0.4) is 0 Å². The molecule has 0 spiro atoms. The maximum Gasteiger partial charge on any atom is 0.410 e. The monoisotopic (exact) mass is 766 g/mol. The van der Waals surface area contributed by atoms with Gasteiger partial charge in [0.1, 0.15) is 23.8 Å². The van der Waals surface area contributed by atoms with E-state index >= 15 is 0 Å². The van der Waals surface area contributed by atoms with Crippen molar-refractivity contribution >= 4 is 33.4 Å². The van der Waals surface area contributed by atoms with Crippen LogP contribution >= 0.6 is 0 Å². The summed E-state index contributed by atoms with van der Waals surface area (Å²) in [6.07, 6.45) is 4.79. The Hall–Kier alpha value is -2.72. The van der Waals surface area contributed by atoms with E-state index in [9.17, 15) is 4.79 Å². The Morgan fingerprint density at radius 2 is 1.72 bits per heavy atom. The van der Waals surface area contributed by atoms with Gasteiger partial charge in [-0.25, -0.2) is 14.5 Å². The number of likely N-dealkylation sites (tertiary alicyclic amines) is 1. The fraction of sp³-hybridized carbons (Fsp3) is 0.725. The van der Waals surface area contributed by atoms with Crippen LogP contribution in [-0.2, 0) is 34.0 Å². The van der Waals surface area contributed by atoms with E-state index in [2.05, 4.69) is 85.9 Å². The van der Waals surface area contributed by atoms with Crippen LogP contribution in [0.25, 0.3) is 22.4 Å². The average molecular weight is 767 g/mol. The van der Waals surface area contributed by atoms with Crippen molar-refractivity contribution in [3.05, 3.63) is 29.6 Å². The lowest BCUT2D eigenvalue weighted by Crippen LogP contribution is -2.43. The highest BCUT2D eigenvalue weighted by molar-refractivity contribution is 6.76. The number of piperidine rings is 1. The number of nitrogens with zero attached hydrogens (tertiary/aromatic N) is 6. The smallest absolute Gasteiger partial charge is 0.410 e. The zero-order valence-electron chi connectivity index (χ0n) is 34.5. The second-order valence-corrected chi connectivity index (χ2v) is 29.7. The van der Waals surface area contributed by atoms with Crippen LogP contribution in [-0.4, -0.2) is 90.1 Å². The van der Waals surface area contributed by atoms with Gasteiger partial charge in [0.05, 0.1) is 16.9 Å². The van der Waals surface area contributed by atoms with Crippen molar-refractivity contribution in [1.29, 1.82) is 0 Å². The summed E-state index contributed by atoms with van der Waals surface area (Å²) < 4.78 is 29.6. The van der Waals surface area contributed by atoms with Crippen molar-refractivity contribution in [2.45, 2.75) is 149 Å². The van der Waals surface area contributed by atoms with Crippen LogP contribution in [0, 0.1) is 5.92 Å². The number of carbonyl (C=O) groups excluding carboxylic acids is 1. The predicted molar refractivity (Wildman–Crippen MR) is 216 cm³/mol. The number of ether oxygens (including phenoxy) is 3. The third-order valence-electron chi connectivity index (χ3n) is 11.4. The minimum atomic E-state index is -2.07. The Balaban J connectivity index is 1.29. The van der Waals surface area contributed by atoms with Crippen molar-refractivity contribution in [3.8, 4) is 17.3 Å². The molecule has 53 heavy (non-hydrogen) atoms. The normalized spacial score (nSPS) is 19.6. The van der Waals surface area contributed by atoms with Gasteiger partial charge in [-0.05, 0) is 101 Å². The number of hydrogen-bond donors (Lipinski definition) is 0. The first kappa shape index (κ1) is 40.0. The standard InChI is InChI=1S/C40H66N6O5Si2/c1-39(2,3)50-38(47)44-19-17-29(18-20-44)25-43-26-32-34(27-43)45(28-48-22-23-52(7,8)9)37(41-32)36-31-24-30(51-53(10,11)40(4,5)6)15-16-33(31)46(42-36)35-14-12-13-21-49-35/h15-16,24,29,35H,12-14,17-23,25-28H2,1-11H3. The molecule has 5 heterocycles. The third kappa shape index (κ3) is 9.57. The molecule has 1 amide bonds. The van der Waals surface area contributed by atoms with Gasteiger partial charge in [0, 0.05) is 59.4 Å². The molecule has 6 rings (SSSR count). The SMILES string of the molecule is CC(C)(C)OC(=O)N1CCC(CN2Cc3nc(-c4nn(C5CCCCO5)c5ccc(O[Si](C)(C)C(C)(C)C)cc45)n(COCC[Si](C)(C)C)c3C2)CC1. The summed E-state index contributed by atoms with van der Waals surface area (Å²) >= 11 is 0. The van der Waals surface area contributed by atoms with Crippen LogP contribution in [0.1, 0.15) is 91.3 Å². The van der Waals surface area contributed by atoms with Gasteiger partial charge in [-0.2, -0.15) is 5.10 Å². The van der Waals surface area contributed by atoms with E-state index in [0.29, 0.717) is 12.6 Å². The molecule has 294 valence electrons. The summed E-state index contributed by atoms with van der Waals surface area (Å²) in [5.74, 6) is 2.26. The maximum atomic E-state index is 12.7. The number of carbonyl (C=O) groups is 1. The van der Waals surface area contributed by atoms with Gasteiger partial charge in [0.2, 0.25) is 8.32 Å². The van der Waals surface area contributed by atoms with E-state index in [4.69, 9.17) is 28.7 Å².